The first-order valence-electron chi connectivity index (χ1n) is 3.81. The van der Waals surface area contributed by atoms with Gasteiger partial charge >= 0.3 is 0 Å². The molecule has 0 fully saturated rings. The summed E-state index contributed by atoms with van der Waals surface area (Å²) in [5, 5.41) is 0. The second-order valence-electron chi connectivity index (χ2n) is 2.15. The highest BCUT2D eigenvalue weighted by molar-refractivity contribution is 5.94. The van der Waals surface area contributed by atoms with Crippen molar-refractivity contribution in [1.82, 2.24) is 0 Å². The zero-order chi connectivity index (χ0) is 8.53. The topological polar surface area (TPSA) is 12.4 Å². The molecule has 1 heteroatoms. The van der Waals surface area contributed by atoms with Crippen molar-refractivity contribution in [2.45, 2.75) is 19.8 Å². The van der Waals surface area contributed by atoms with Crippen LogP contribution in [0.2, 0.25) is 0 Å². The van der Waals surface area contributed by atoms with Crippen LogP contribution in [0.4, 0.5) is 0 Å². The first-order chi connectivity index (χ1) is 5.35. The summed E-state index contributed by atoms with van der Waals surface area (Å²) in [5.41, 5.74) is 1.03. The number of aliphatic imine (C=N–C) groups is 1. The summed E-state index contributed by atoms with van der Waals surface area (Å²) in [6.07, 6.45) is 9.13. The largest absolute Gasteiger partial charge is 0.261 e. The van der Waals surface area contributed by atoms with Crippen LogP contribution in [0.15, 0.2) is 42.6 Å². The second kappa shape index (κ2) is 7.00. The Kier molecular flexibility index (Phi) is 6.30. The monoisotopic (exact) mass is 149 g/mol. The standard InChI is InChI=1S/C10H15N/c1-4-7-9-11-10(6-3)8-5-2/h4,6-7,9H,1,3,5,8H2,2H3/b9-7-,11-10?. The van der Waals surface area contributed by atoms with E-state index in [2.05, 4.69) is 25.1 Å². The third-order valence-electron chi connectivity index (χ3n) is 1.20. The summed E-state index contributed by atoms with van der Waals surface area (Å²) in [7, 11) is 0. The summed E-state index contributed by atoms with van der Waals surface area (Å²) in [6, 6.07) is 0. The number of hydrogen-bond donors (Lipinski definition) is 0. The van der Waals surface area contributed by atoms with E-state index in [9.17, 15) is 0 Å². The zero-order valence-electron chi connectivity index (χ0n) is 7.09. The Bertz CT molecular complexity index is 175. The van der Waals surface area contributed by atoms with E-state index in [-0.39, 0.29) is 0 Å². The van der Waals surface area contributed by atoms with Gasteiger partial charge < -0.3 is 0 Å². The van der Waals surface area contributed by atoms with Crippen LogP contribution in [-0.4, -0.2) is 5.71 Å². The van der Waals surface area contributed by atoms with Crippen LogP contribution < -0.4 is 0 Å². The van der Waals surface area contributed by atoms with E-state index < -0.39 is 0 Å². The normalized spacial score (nSPS) is 11.9. The molecule has 0 saturated carbocycles. The van der Waals surface area contributed by atoms with Gasteiger partial charge in [-0.1, -0.05) is 32.6 Å². The quantitative estimate of drug-likeness (QED) is 0.420. The Balaban J connectivity index is 3.99. The third-order valence-corrected chi connectivity index (χ3v) is 1.20. The number of nitrogens with zero attached hydrogens (tertiary/aromatic N) is 1. The minimum Gasteiger partial charge on any atom is -0.261 e. The van der Waals surface area contributed by atoms with Gasteiger partial charge in [-0.05, 0) is 18.6 Å². The predicted octanol–water partition coefficient (Wildman–Crippen LogP) is 3.11. The first-order valence-corrected chi connectivity index (χ1v) is 3.81. The van der Waals surface area contributed by atoms with Gasteiger partial charge in [0.2, 0.25) is 0 Å². The van der Waals surface area contributed by atoms with Crippen molar-refractivity contribution in [2.24, 2.45) is 4.99 Å². The Hall–Kier alpha value is -1.11. The van der Waals surface area contributed by atoms with Gasteiger partial charge in [0, 0.05) is 11.9 Å². The lowest BCUT2D eigenvalue weighted by Crippen LogP contribution is -1.89. The summed E-state index contributed by atoms with van der Waals surface area (Å²) in [5.74, 6) is 0. The minimum atomic E-state index is 0.991. The molecule has 0 heterocycles. The summed E-state index contributed by atoms with van der Waals surface area (Å²) < 4.78 is 0. The molecule has 0 spiro atoms. The molecule has 0 saturated heterocycles. The fourth-order valence-corrected chi connectivity index (χ4v) is 0.675. The van der Waals surface area contributed by atoms with E-state index in [0.29, 0.717) is 0 Å². The molecular formula is C10H15N. The van der Waals surface area contributed by atoms with Gasteiger partial charge in [0.1, 0.15) is 0 Å². The molecule has 60 valence electrons. The van der Waals surface area contributed by atoms with Gasteiger partial charge in [0.05, 0.1) is 0 Å². The van der Waals surface area contributed by atoms with Crippen molar-refractivity contribution < 1.29 is 0 Å². The predicted molar refractivity (Wildman–Crippen MR) is 51.9 cm³/mol. The molecule has 0 atom stereocenters. The molecule has 0 aromatic carbocycles. The summed E-state index contributed by atoms with van der Waals surface area (Å²) in [4.78, 5) is 4.17. The van der Waals surface area contributed by atoms with Crippen LogP contribution >= 0.6 is 0 Å². The number of allylic oxidation sites excluding steroid dienone is 3. The Morgan fingerprint density at radius 3 is 2.64 bits per heavy atom. The first kappa shape index (κ1) is 9.89. The molecule has 0 rings (SSSR count). The van der Waals surface area contributed by atoms with Crippen molar-refractivity contribution in [2.75, 3.05) is 0 Å². The van der Waals surface area contributed by atoms with Crippen LogP contribution in [0.1, 0.15) is 19.8 Å². The average Bonchev–Trinajstić information content (AvgIpc) is 2.03. The van der Waals surface area contributed by atoms with Crippen molar-refractivity contribution >= 4 is 5.71 Å². The van der Waals surface area contributed by atoms with Crippen molar-refractivity contribution in [1.29, 1.82) is 0 Å². The van der Waals surface area contributed by atoms with E-state index in [1.807, 2.05) is 0 Å². The molecule has 0 radical (unpaired) electrons. The maximum absolute atomic E-state index is 4.17. The molecule has 0 amide bonds. The molecule has 0 aromatic heterocycles. The molecule has 0 aliphatic heterocycles. The van der Waals surface area contributed by atoms with Crippen molar-refractivity contribution in [3.05, 3.63) is 37.6 Å². The van der Waals surface area contributed by atoms with Crippen LogP contribution in [0.5, 0.6) is 0 Å². The third kappa shape index (κ3) is 5.34. The zero-order valence-corrected chi connectivity index (χ0v) is 7.09. The van der Waals surface area contributed by atoms with Gasteiger partial charge in [-0.2, -0.15) is 0 Å². The van der Waals surface area contributed by atoms with Gasteiger partial charge in [-0.15, -0.1) is 0 Å². The van der Waals surface area contributed by atoms with Crippen molar-refractivity contribution in [3.8, 4) is 0 Å². The highest BCUT2D eigenvalue weighted by Gasteiger charge is 1.87. The molecular weight excluding hydrogens is 134 g/mol. The highest BCUT2D eigenvalue weighted by atomic mass is 14.7. The summed E-state index contributed by atoms with van der Waals surface area (Å²) in [6.45, 7) is 9.34. The van der Waals surface area contributed by atoms with E-state index in [0.717, 1.165) is 18.6 Å². The SMILES string of the molecule is C=C/C=C\N=C(C=C)CCC. The van der Waals surface area contributed by atoms with E-state index >= 15 is 0 Å². The highest BCUT2D eigenvalue weighted by Crippen LogP contribution is 1.93. The summed E-state index contributed by atoms with van der Waals surface area (Å²) >= 11 is 0. The molecule has 0 aliphatic carbocycles. The van der Waals surface area contributed by atoms with E-state index in [1.165, 1.54) is 0 Å². The lowest BCUT2D eigenvalue weighted by molar-refractivity contribution is 0.996. The lowest BCUT2D eigenvalue weighted by Gasteiger charge is -1.93. The molecule has 0 unspecified atom stereocenters. The maximum Gasteiger partial charge on any atom is 0.0397 e. The number of hydrogen-bond acceptors (Lipinski definition) is 1. The van der Waals surface area contributed by atoms with Crippen LogP contribution in [0.3, 0.4) is 0 Å². The second-order valence-corrected chi connectivity index (χ2v) is 2.15. The average molecular weight is 149 g/mol. The fourth-order valence-electron chi connectivity index (χ4n) is 0.675. The smallest absolute Gasteiger partial charge is 0.0397 e. The Labute approximate surface area is 68.9 Å². The van der Waals surface area contributed by atoms with Crippen LogP contribution in [-0.2, 0) is 0 Å². The molecule has 11 heavy (non-hydrogen) atoms. The Morgan fingerprint density at radius 2 is 2.18 bits per heavy atom. The minimum absolute atomic E-state index is 0.991. The molecule has 0 aliphatic rings. The van der Waals surface area contributed by atoms with Crippen LogP contribution in [0.25, 0.3) is 0 Å². The number of rotatable bonds is 5. The van der Waals surface area contributed by atoms with Gasteiger partial charge in [0.15, 0.2) is 0 Å². The lowest BCUT2D eigenvalue weighted by atomic mass is 10.2. The molecule has 0 bridgehead atoms. The molecule has 0 N–H and O–H groups in total. The van der Waals surface area contributed by atoms with Gasteiger partial charge in [-0.3, -0.25) is 4.99 Å². The molecule has 1 nitrogen and oxygen atoms in total. The molecule has 0 aromatic rings. The van der Waals surface area contributed by atoms with E-state index in [1.54, 1.807) is 24.4 Å². The van der Waals surface area contributed by atoms with E-state index in [4.69, 9.17) is 0 Å². The fraction of sp³-hybridized carbons (Fsp3) is 0.300. The maximum atomic E-state index is 4.17. The van der Waals surface area contributed by atoms with Gasteiger partial charge in [-0.25, -0.2) is 0 Å². The Morgan fingerprint density at radius 1 is 1.45 bits per heavy atom. The van der Waals surface area contributed by atoms with Gasteiger partial charge in [0.25, 0.3) is 0 Å². The van der Waals surface area contributed by atoms with Crippen molar-refractivity contribution in [3.63, 3.8) is 0 Å². The van der Waals surface area contributed by atoms with Crippen LogP contribution in [0, 0.1) is 0 Å².